The van der Waals surface area contributed by atoms with Crippen LogP contribution in [0.1, 0.15) is 62.8 Å². The van der Waals surface area contributed by atoms with Crippen LogP contribution >= 0.6 is 0 Å². The highest BCUT2D eigenvalue weighted by atomic mass is 14.3. The van der Waals surface area contributed by atoms with Gasteiger partial charge >= 0.3 is 0 Å². The fourth-order valence-electron chi connectivity index (χ4n) is 3.75. The molecule has 0 spiro atoms. The Kier molecular flexibility index (Phi) is 7.11. The number of allylic oxidation sites excluding steroid dienone is 2. The maximum absolute atomic E-state index is 2.35. The van der Waals surface area contributed by atoms with Crippen molar-refractivity contribution < 1.29 is 0 Å². The molecule has 2 atom stereocenters. The lowest BCUT2D eigenvalue weighted by molar-refractivity contribution is 0.574. The van der Waals surface area contributed by atoms with Crippen LogP contribution in [0.3, 0.4) is 0 Å². The Morgan fingerprint density at radius 2 is 0.933 bits per heavy atom. The largest absolute Gasteiger partial charge is 0.0736 e. The first-order valence-electron chi connectivity index (χ1n) is 11.1. The first-order chi connectivity index (χ1) is 14.5. The molecule has 3 aromatic carbocycles. The summed E-state index contributed by atoms with van der Waals surface area (Å²) in [5, 5.41) is 0. The molecular formula is C30H34. The van der Waals surface area contributed by atoms with Gasteiger partial charge in [0.25, 0.3) is 0 Å². The zero-order valence-corrected chi connectivity index (χ0v) is 18.8. The lowest BCUT2D eigenvalue weighted by Gasteiger charge is -2.26. The molecule has 154 valence electrons. The molecule has 0 aromatic heterocycles. The minimum absolute atomic E-state index is 0.0278. The lowest BCUT2D eigenvalue weighted by Crippen LogP contribution is -2.17. The van der Waals surface area contributed by atoms with Crippen molar-refractivity contribution in [2.75, 3.05) is 0 Å². The average Bonchev–Trinajstić information content (AvgIpc) is 2.82. The summed E-state index contributed by atoms with van der Waals surface area (Å²) in [4.78, 5) is 0. The van der Waals surface area contributed by atoms with Crippen molar-refractivity contribution in [2.24, 2.45) is 0 Å². The molecule has 0 saturated carbocycles. The van der Waals surface area contributed by atoms with E-state index in [0.29, 0.717) is 0 Å². The number of hydrogen-bond donors (Lipinski definition) is 0. The standard InChI is InChI=1S/C30H34/c1-5-29(3,27-15-11-8-12-16-27)24-22-26-17-19-28(20-18-26)30(4,6-2)23-21-25-13-9-7-10-14-25/h7-24H,5-6H2,1-4H3/b23-21+,24-22+. The van der Waals surface area contributed by atoms with Gasteiger partial charge in [0, 0.05) is 10.8 Å². The van der Waals surface area contributed by atoms with Crippen molar-refractivity contribution >= 4 is 12.2 Å². The molecule has 30 heavy (non-hydrogen) atoms. The summed E-state index contributed by atoms with van der Waals surface area (Å²) in [5.74, 6) is 0. The summed E-state index contributed by atoms with van der Waals surface area (Å²) in [7, 11) is 0. The zero-order valence-electron chi connectivity index (χ0n) is 18.8. The predicted octanol–water partition coefficient (Wildman–Crippen LogP) is 8.45. The summed E-state index contributed by atoms with van der Waals surface area (Å²) in [6, 6.07) is 30.4. The average molecular weight is 395 g/mol. The van der Waals surface area contributed by atoms with E-state index in [1.807, 2.05) is 0 Å². The molecule has 0 aliphatic heterocycles. The minimum Gasteiger partial charge on any atom is -0.0736 e. The van der Waals surface area contributed by atoms with Gasteiger partial charge in [0.2, 0.25) is 0 Å². The normalized spacial score (nSPS) is 15.9. The van der Waals surface area contributed by atoms with Gasteiger partial charge < -0.3 is 0 Å². The van der Waals surface area contributed by atoms with Gasteiger partial charge in [-0.1, -0.05) is 137 Å². The molecule has 0 amide bonds. The number of benzene rings is 3. The summed E-state index contributed by atoms with van der Waals surface area (Å²) in [6.07, 6.45) is 11.3. The highest BCUT2D eigenvalue weighted by molar-refractivity contribution is 5.55. The topological polar surface area (TPSA) is 0 Å². The van der Waals surface area contributed by atoms with E-state index in [1.54, 1.807) is 0 Å². The van der Waals surface area contributed by atoms with Crippen molar-refractivity contribution in [3.05, 3.63) is 119 Å². The second-order valence-corrected chi connectivity index (χ2v) is 8.61. The third kappa shape index (κ3) is 5.19. The Balaban J connectivity index is 1.79. The van der Waals surface area contributed by atoms with Crippen LogP contribution in [0.15, 0.2) is 97.1 Å². The van der Waals surface area contributed by atoms with E-state index in [9.17, 15) is 0 Å². The molecule has 0 heterocycles. The molecule has 0 saturated heterocycles. The number of rotatable bonds is 8. The second-order valence-electron chi connectivity index (χ2n) is 8.61. The van der Waals surface area contributed by atoms with Crippen LogP contribution in [-0.2, 0) is 10.8 Å². The van der Waals surface area contributed by atoms with Gasteiger partial charge in [-0.2, -0.15) is 0 Å². The third-order valence-electron chi connectivity index (χ3n) is 6.56. The molecule has 0 aliphatic carbocycles. The van der Waals surface area contributed by atoms with Crippen LogP contribution in [0.4, 0.5) is 0 Å². The highest BCUT2D eigenvalue weighted by Gasteiger charge is 2.22. The summed E-state index contributed by atoms with van der Waals surface area (Å²) in [6.45, 7) is 9.15. The minimum atomic E-state index is 0.0278. The lowest BCUT2D eigenvalue weighted by atomic mass is 9.78. The first-order valence-corrected chi connectivity index (χ1v) is 11.1. The van der Waals surface area contributed by atoms with Crippen LogP contribution < -0.4 is 0 Å². The van der Waals surface area contributed by atoms with E-state index < -0.39 is 0 Å². The Morgan fingerprint density at radius 3 is 1.40 bits per heavy atom. The van der Waals surface area contributed by atoms with Gasteiger partial charge in [0.1, 0.15) is 0 Å². The Hall–Kier alpha value is -2.86. The molecule has 2 unspecified atom stereocenters. The van der Waals surface area contributed by atoms with Crippen LogP contribution in [0.2, 0.25) is 0 Å². The Morgan fingerprint density at radius 1 is 0.533 bits per heavy atom. The maximum atomic E-state index is 2.35. The first kappa shape index (κ1) is 21.8. The van der Waals surface area contributed by atoms with E-state index in [2.05, 4.69) is 137 Å². The quantitative estimate of drug-likeness (QED) is 0.359. The predicted molar refractivity (Wildman–Crippen MR) is 133 cm³/mol. The molecule has 3 rings (SSSR count). The molecule has 3 aromatic rings. The van der Waals surface area contributed by atoms with Crippen LogP contribution in [0.25, 0.3) is 12.2 Å². The van der Waals surface area contributed by atoms with E-state index in [1.165, 1.54) is 22.3 Å². The monoisotopic (exact) mass is 394 g/mol. The highest BCUT2D eigenvalue weighted by Crippen LogP contribution is 2.32. The molecule has 0 radical (unpaired) electrons. The van der Waals surface area contributed by atoms with Gasteiger partial charge in [-0.3, -0.25) is 0 Å². The second kappa shape index (κ2) is 9.76. The summed E-state index contributed by atoms with van der Waals surface area (Å²) >= 11 is 0. The van der Waals surface area contributed by atoms with Crippen molar-refractivity contribution in [2.45, 2.75) is 51.4 Å². The molecule has 0 heteroatoms. The smallest absolute Gasteiger partial charge is 0.0104 e. The molecule has 0 bridgehead atoms. The Labute approximate surface area is 183 Å². The van der Waals surface area contributed by atoms with Gasteiger partial charge in [-0.25, -0.2) is 0 Å². The van der Waals surface area contributed by atoms with Gasteiger partial charge in [-0.15, -0.1) is 0 Å². The molecular weight excluding hydrogens is 360 g/mol. The van der Waals surface area contributed by atoms with Gasteiger partial charge in [0.05, 0.1) is 0 Å². The van der Waals surface area contributed by atoms with Gasteiger partial charge in [-0.05, 0) is 35.1 Å². The van der Waals surface area contributed by atoms with Crippen molar-refractivity contribution in [3.8, 4) is 0 Å². The third-order valence-corrected chi connectivity index (χ3v) is 6.56. The molecule has 0 nitrogen and oxygen atoms in total. The molecule has 0 N–H and O–H groups in total. The Bertz CT molecular complexity index is 964. The molecule has 0 aliphatic rings. The van der Waals surface area contributed by atoms with E-state index in [0.717, 1.165) is 12.8 Å². The van der Waals surface area contributed by atoms with E-state index >= 15 is 0 Å². The van der Waals surface area contributed by atoms with Crippen molar-refractivity contribution in [1.82, 2.24) is 0 Å². The van der Waals surface area contributed by atoms with Crippen LogP contribution in [-0.4, -0.2) is 0 Å². The van der Waals surface area contributed by atoms with E-state index in [-0.39, 0.29) is 10.8 Å². The SMILES string of the molecule is CCC(C)(/C=C/c1ccc(C(C)(/C=C/c2ccccc2)CC)cc1)c1ccccc1. The summed E-state index contributed by atoms with van der Waals surface area (Å²) in [5.41, 5.74) is 5.30. The van der Waals surface area contributed by atoms with Crippen LogP contribution in [0, 0.1) is 0 Å². The maximum Gasteiger partial charge on any atom is 0.0104 e. The molecule has 0 fully saturated rings. The van der Waals surface area contributed by atoms with Gasteiger partial charge in [0.15, 0.2) is 0 Å². The van der Waals surface area contributed by atoms with Crippen molar-refractivity contribution in [1.29, 1.82) is 0 Å². The zero-order chi connectivity index (χ0) is 21.5. The fourth-order valence-corrected chi connectivity index (χ4v) is 3.75. The van der Waals surface area contributed by atoms with E-state index in [4.69, 9.17) is 0 Å². The summed E-state index contributed by atoms with van der Waals surface area (Å²) < 4.78 is 0. The van der Waals surface area contributed by atoms with Crippen LogP contribution in [0.5, 0.6) is 0 Å². The van der Waals surface area contributed by atoms with Crippen molar-refractivity contribution in [3.63, 3.8) is 0 Å². The fraction of sp³-hybridized carbons (Fsp3) is 0.267. The number of hydrogen-bond acceptors (Lipinski definition) is 0.